The molecule has 0 aromatic carbocycles. The lowest BCUT2D eigenvalue weighted by molar-refractivity contribution is 0.0705. The molecule has 0 saturated carbocycles. The second-order valence-corrected chi connectivity index (χ2v) is 7.49. The summed E-state index contributed by atoms with van der Waals surface area (Å²) in [6.07, 6.45) is 2.32. The zero-order valence-corrected chi connectivity index (χ0v) is 15.7. The summed E-state index contributed by atoms with van der Waals surface area (Å²) in [6, 6.07) is 2.35. The third-order valence-electron chi connectivity index (χ3n) is 5.58. The first kappa shape index (κ1) is 17.4. The predicted molar refractivity (Wildman–Crippen MR) is 96.1 cm³/mol. The van der Waals surface area contributed by atoms with Gasteiger partial charge in [0.2, 0.25) is 5.82 Å². The van der Waals surface area contributed by atoms with Crippen LogP contribution in [0.3, 0.4) is 0 Å². The molecule has 3 saturated heterocycles. The van der Waals surface area contributed by atoms with E-state index in [9.17, 15) is 4.79 Å². The number of hydrogen-bond acceptors (Lipinski definition) is 6. The normalized spacial score (nSPS) is 23.6. The summed E-state index contributed by atoms with van der Waals surface area (Å²) >= 11 is 0. The van der Waals surface area contributed by atoms with Crippen molar-refractivity contribution in [2.75, 3.05) is 39.9 Å². The molecule has 3 aliphatic heterocycles. The van der Waals surface area contributed by atoms with Crippen LogP contribution in [0.15, 0.2) is 6.07 Å². The highest BCUT2D eigenvalue weighted by atomic mass is 16.5. The molecule has 2 atom stereocenters. The van der Waals surface area contributed by atoms with Crippen LogP contribution in [0.1, 0.15) is 34.8 Å². The summed E-state index contributed by atoms with van der Waals surface area (Å²) < 4.78 is 7.02. The fourth-order valence-corrected chi connectivity index (χ4v) is 4.34. The molecule has 2 bridgehead atoms. The molecule has 0 unspecified atom stereocenters. The van der Waals surface area contributed by atoms with E-state index in [2.05, 4.69) is 20.1 Å². The van der Waals surface area contributed by atoms with E-state index in [1.54, 1.807) is 11.5 Å². The Morgan fingerprint density at radius 3 is 2.88 bits per heavy atom. The van der Waals surface area contributed by atoms with E-state index in [0.29, 0.717) is 23.6 Å². The maximum absolute atomic E-state index is 13.2. The minimum absolute atomic E-state index is 0.0447. The van der Waals surface area contributed by atoms with Gasteiger partial charge in [0.1, 0.15) is 0 Å². The highest BCUT2D eigenvalue weighted by Gasteiger charge is 2.37. The molecular formula is C18H26N6O2. The van der Waals surface area contributed by atoms with Gasteiger partial charge in [-0.2, -0.15) is 0 Å². The van der Waals surface area contributed by atoms with E-state index >= 15 is 0 Å². The molecule has 0 radical (unpaired) electrons. The number of carbonyl (C=O) groups is 1. The number of amides is 1. The quantitative estimate of drug-likeness (QED) is 0.809. The van der Waals surface area contributed by atoms with Crippen molar-refractivity contribution in [3.63, 3.8) is 0 Å². The van der Waals surface area contributed by atoms with Gasteiger partial charge in [-0.1, -0.05) is 0 Å². The van der Waals surface area contributed by atoms with Crippen LogP contribution in [0.2, 0.25) is 0 Å². The number of aryl methyl sites for hydroxylation is 2. The first-order chi connectivity index (χ1) is 12.6. The average molecular weight is 358 g/mol. The van der Waals surface area contributed by atoms with Crippen molar-refractivity contribution in [3.05, 3.63) is 23.3 Å². The van der Waals surface area contributed by atoms with Gasteiger partial charge in [-0.3, -0.25) is 14.1 Å². The first-order valence-corrected chi connectivity index (χ1v) is 9.28. The molecule has 8 heteroatoms. The lowest BCUT2D eigenvalue weighted by Crippen LogP contribution is -2.45. The minimum atomic E-state index is -0.0447. The third-order valence-corrected chi connectivity index (χ3v) is 5.58. The molecule has 5 rings (SSSR count). The zero-order valence-electron chi connectivity index (χ0n) is 15.7. The first-order valence-electron chi connectivity index (χ1n) is 9.28. The Kier molecular flexibility index (Phi) is 4.62. The van der Waals surface area contributed by atoms with E-state index in [0.717, 1.165) is 50.6 Å². The number of hydrogen-bond donors (Lipinski definition) is 0. The molecule has 140 valence electrons. The third kappa shape index (κ3) is 3.07. The summed E-state index contributed by atoms with van der Waals surface area (Å²) in [4.78, 5) is 22.1. The van der Waals surface area contributed by atoms with Crippen molar-refractivity contribution in [3.8, 4) is 0 Å². The van der Waals surface area contributed by atoms with E-state index in [1.807, 2.05) is 24.8 Å². The summed E-state index contributed by atoms with van der Waals surface area (Å²) in [5, 5.41) is 8.28. The van der Waals surface area contributed by atoms with Gasteiger partial charge in [-0.05, 0) is 38.7 Å². The van der Waals surface area contributed by atoms with Crippen molar-refractivity contribution >= 4 is 11.7 Å². The Morgan fingerprint density at radius 2 is 2.08 bits per heavy atom. The lowest BCUT2D eigenvalue weighted by atomic mass is 9.95. The van der Waals surface area contributed by atoms with Crippen LogP contribution >= 0.6 is 0 Å². The zero-order chi connectivity index (χ0) is 18.3. The van der Waals surface area contributed by atoms with Crippen LogP contribution < -0.4 is 0 Å². The molecule has 0 aliphatic carbocycles. The van der Waals surface area contributed by atoms with Gasteiger partial charge >= 0.3 is 0 Å². The van der Waals surface area contributed by atoms with Crippen LogP contribution in [0.25, 0.3) is 5.78 Å². The number of methoxy groups -OCH3 is 1. The summed E-state index contributed by atoms with van der Waals surface area (Å²) in [7, 11) is 1.74. The van der Waals surface area contributed by atoms with Gasteiger partial charge in [-0.25, -0.2) is 4.98 Å². The van der Waals surface area contributed by atoms with Crippen LogP contribution in [0.4, 0.5) is 0 Å². The second kappa shape index (κ2) is 6.92. The molecule has 8 nitrogen and oxygen atoms in total. The number of aromatic nitrogens is 4. The number of piperidine rings is 1. The SMILES string of the molecule is COCCN1C[C@H]2CC[C@@H]1CN(C(=O)c1nnc3nc(C)cc(C)n13)C2. The van der Waals surface area contributed by atoms with E-state index in [1.165, 1.54) is 6.42 Å². The van der Waals surface area contributed by atoms with Crippen molar-refractivity contribution < 1.29 is 9.53 Å². The molecule has 0 N–H and O–H groups in total. The Morgan fingerprint density at radius 1 is 1.23 bits per heavy atom. The Balaban J connectivity index is 1.59. The van der Waals surface area contributed by atoms with Crippen LogP contribution in [0.5, 0.6) is 0 Å². The maximum Gasteiger partial charge on any atom is 0.292 e. The van der Waals surface area contributed by atoms with Crippen LogP contribution in [-0.4, -0.2) is 81.2 Å². The average Bonchev–Trinajstić information content (AvgIpc) is 2.83. The fraction of sp³-hybridized carbons (Fsp3) is 0.667. The minimum Gasteiger partial charge on any atom is -0.383 e. The largest absolute Gasteiger partial charge is 0.383 e. The van der Waals surface area contributed by atoms with Gasteiger partial charge in [0.05, 0.1) is 6.61 Å². The van der Waals surface area contributed by atoms with Crippen molar-refractivity contribution in [1.29, 1.82) is 0 Å². The smallest absolute Gasteiger partial charge is 0.292 e. The molecule has 0 spiro atoms. The number of fused-ring (bicyclic) bond motifs is 5. The van der Waals surface area contributed by atoms with Crippen LogP contribution in [-0.2, 0) is 4.74 Å². The van der Waals surface area contributed by atoms with Gasteiger partial charge in [0, 0.05) is 50.7 Å². The maximum atomic E-state index is 13.2. The lowest BCUT2D eigenvalue weighted by Gasteiger charge is -2.35. The summed E-state index contributed by atoms with van der Waals surface area (Å²) in [5.41, 5.74) is 1.81. The molecule has 1 amide bonds. The molecule has 3 fully saturated rings. The van der Waals surface area contributed by atoms with Crippen molar-refractivity contribution in [2.24, 2.45) is 5.92 Å². The molecule has 3 aliphatic rings. The summed E-state index contributed by atoms with van der Waals surface area (Å²) in [6.45, 7) is 8.10. The van der Waals surface area contributed by atoms with Crippen molar-refractivity contribution in [1.82, 2.24) is 29.4 Å². The number of rotatable bonds is 4. The van der Waals surface area contributed by atoms with E-state index in [4.69, 9.17) is 4.74 Å². The topological polar surface area (TPSA) is 75.9 Å². The standard InChI is InChI=1S/C18H26N6O2/c1-12-8-13(2)24-16(20-21-18(24)19-12)17(25)23-10-14-4-5-15(11-23)22(9-14)6-7-26-3/h8,14-15H,4-7,9-11H2,1-3H3/t14-,15-/m1/s1. The van der Waals surface area contributed by atoms with E-state index in [-0.39, 0.29) is 5.91 Å². The van der Waals surface area contributed by atoms with Crippen LogP contribution in [0, 0.1) is 19.8 Å². The molecule has 5 heterocycles. The molecule has 2 aromatic rings. The van der Waals surface area contributed by atoms with E-state index < -0.39 is 0 Å². The van der Waals surface area contributed by atoms with Crippen molar-refractivity contribution in [2.45, 2.75) is 32.7 Å². The second-order valence-electron chi connectivity index (χ2n) is 7.49. The van der Waals surface area contributed by atoms with Gasteiger partial charge in [0.25, 0.3) is 11.7 Å². The number of nitrogens with zero attached hydrogens (tertiary/aromatic N) is 6. The highest BCUT2D eigenvalue weighted by Crippen LogP contribution is 2.28. The number of carbonyl (C=O) groups excluding carboxylic acids is 1. The van der Waals surface area contributed by atoms with Gasteiger partial charge in [0.15, 0.2) is 0 Å². The molecular weight excluding hydrogens is 332 g/mol. The van der Waals surface area contributed by atoms with Gasteiger partial charge < -0.3 is 9.64 Å². The number of ether oxygens (including phenoxy) is 1. The predicted octanol–water partition coefficient (Wildman–Crippen LogP) is 0.924. The Bertz CT molecular complexity index is 819. The monoisotopic (exact) mass is 358 g/mol. The Labute approximate surface area is 153 Å². The highest BCUT2D eigenvalue weighted by molar-refractivity contribution is 5.91. The fourth-order valence-electron chi connectivity index (χ4n) is 4.34. The molecule has 2 aromatic heterocycles. The molecule has 26 heavy (non-hydrogen) atoms. The van der Waals surface area contributed by atoms with Gasteiger partial charge in [-0.15, -0.1) is 10.2 Å². The summed E-state index contributed by atoms with van der Waals surface area (Å²) in [5.74, 6) is 1.33. The Hall–Kier alpha value is -2.06.